The average molecular weight is 394 g/mol. The quantitative estimate of drug-likeness (QED) is 0.868. The van der Waals surface area contributed by atoms with Gasteiger partial charge in [0, 0.05) is 58.1 Å². The predicted molar refractivity (Wildman–Crippen MR) is 116 cm³/mol. The molecule has 1 aromatic heterocycles. The normalized spacial score (nSPS) is 18.7. The van der Waals surface area contributed by atoms with Crippen molar-refractivity contribution in [3.8, 4) is 0 Å². The average Bonchev–Trinajstić information content (AvgIpc) is 2.75. The molecule has 2 aromatic rings. The third-order valence-corrected chi connectivity index (χ3v) is 5.94. The molecule has 3 heterocycles. The maximum absolute atomic E-state index is 12.7. The van der Waals surface area contributed by atoms with Gasteiger partial charge in [-0.1, -0.05) is 35.9 Å². The highest BCUT2D eigenvalue weighted by molar-refractivity contribution is 5.74. The summed E-state index contributed by atoms with van der Waals surface area (Å²) in [4.78, 5) is 23.8. The Morgan fingerprint density at radius 1 is 1.03 bits per heavy atom. The number of aryl methyl sites for hydroxylation is 1. The molecule has 6 nitrogen and oxygen atoms in total. The van der Waals surface area contributed by atoms with Gasteiger partial charge in [-0.3, -0.25) is 4.90 Å². The topological polar surface area (TPSA) is 51.7 Å². The van der Waals surface area contributed by atoms with Crippen LogP contribution < -0.4 is 10.2 Å². The number of amides is 2. The molecule has 6 heteroatoms. The van der Waals surface area contributed by atoms with Gasteiger partial charge in [-0.15, -0.1) is 0 Å². The third-order valence-electron chi connectivity index (χ3n) is 5.94. The summed E-state index contributed by atoms with van der Waals surface area (Å²) in [6.45, 7) is 8.42. The number of nitrogens with one attached hydrogen (secondary N) is 1. The van der Waals surface area contributed by atoms with Gasteiger partial charge in [0.15, 0.2) is 0 Å². The number of pyridine rings is 1. The number of benzene rings is 1. The van der Waals surface area contributed by atoms with E-state index in [4.69, 9.17) is 0 Å². The molecule has 0 aliphatic carbocycles. The fourth-order valence-corrected chi connectivity index (χ4v) is 4.24. The maximum Gasteiger partial charge on any atom is 0.317 e. The van der Waals surface area contributed by atoms with Gasteiger partial charge in [-0.05, 0) is 37.5 Å². The summed E-state index contributed by atoms with van der Waals surface area (Å²) in [6, 6.07) is 15.0. The van der Waals surface area contributed by atoms with Gasteiger partial charge >= 0.3 is 6.03 Å². The fourth-order valence-electron chi connectivity index (χ4n) is 4.24. The lowest BCUT2D eigenvalue weighted by Gasteiger charge is -2.37. The van der Waals surface area contributed by atoms with Crippen LogP contribution in [0.4, 0.5) is 10.6 Å². The highest BCUT2D eigenvalue weighted by atomic mass is 16.2. The van der Waals surface area contributed by atoms with Crippen molar-refractivity contribution in [3.63, 3.8) is 0 Å². The number of nitrogens with zero attached hydrogens (tertiary/aromatic N) is 4. The number of rotatable bonds is 4. The lowest BCUT2D eigenvalue weighted by Crippen LogP contribution is -2.54. The Hall–Kier alpha value is -2.60. The van der Waals surface area contributed by atoms with Crippen molar-refractivity contribution >= 4 is 11.8 Å². The molecule has 0 bridgehead atoms. The summed E-state index contributed by atoms with van der Waals surface area (Å²) >= 11 is 0. The van der Waals surface area contributed by atoms with Crippen molar-refractivity contribution in [3.05, 3.63) is 59.8 Å². The predicted octanol–water partition coefficient (Wildman–Crippen LogP) is 2.89. The van der Waals surface area contributed by atoms with Crippen LogP contribution in [0, 0.1) is 6.92 Å². The van der Waals surface area contributed by atoms with Crippen LogP contribution in [-0.2, 0) is 6.54 Å². The van der Waals surface area contributed by atoms with Gasteiger partial charge < -0.3 is 15.1 Å². The van der Waals surface area contributed by atoms with Gasteiger partial charge in [-0.2, -0.15) is 0 Å². The van der Waals surface area contributed by atoms with Crippen molar-refractivity contribution in [1.29, 1.82) is 0 Å². The molecule has 0 atom stereocenters. The first kappa shape index (κ1) is 19.7. The lowest BCUT2D eigenvalue weighted by molar-refractivity contribution is 0.132. The number of hydrogen-bond acceptors (Lipinski definition) is 4. The summed E-state index contributed by atoms with van der Waals surface area (Å²) in [7, 11) is 0. The number of carbonyl (C=O) groups is 1. The maximum atomic E-state index is 12.7. The second-order valence-corrected chi connectivity index (χ2v) is 8.15. The molecule has 0 saturated carbocycles. The minimum absolute atomic E-state index is 0.0940. The van der Waals surface area contributed by atoms with Gasteiger partial charge in [0.25, 0.3) is 0 Å². The number of urea groups is 1. The zero-order valence-corrected chi connectivity index (χ0v) is 17.3. The summed E-state index contributed by atoms with van der Waals surface area (Å²) < 4.78 is 0. The van der Waals surface area contributed by atoms with Crippen molar-refractivity contribution in [2.45, 2.75) is 32.4 Å². The molecular weight excluding hydrogens is 362 g/mol. The SMILES string of the molecule is Cc1cccc(CN2CCN(C(=O)NC3CCN(c4ccccn4)CC3)CC2)c1. The van der Waals surface area contributed by atoms with Crippen LogP contribution in [0.15, 0.2) is 48.7 Å². The molecule has 2 aliphatic heterocycles. The number of anilines is 1. The lowest BCUT2D eigenvalue weighted by atomic mass is 10.1. The first-order chi connectivity index (χ1) is 14.2. The zero-order chi connectivity index (χ0) is 20.1. The van der Waals surface area contributed by atoms with E-state index in [1.54, 1.807) is 0 Å². The van der Waals surface area contributed by atoms with Crippen LogP contribution in [0.5, 0.6) is 0 Å². The minimum atomic E-state index is 0.0940. The second kappa shape index (κ2) is 9.27. The molecule has 0 radical (unpaired) electrons. The number of aromatic nitrogens is 1. The van der Waals surface area contributed by atoms with E-state index in [0.717, 1.165) is 64.5 Å². The molecule has 2 saturated heterocycles. The van der Waals surface area contributed by atoms with Crippen molar-refractivity contribution in [1.82, 2.24) is 20.1 Å². The molecule has 2 aliphatic rings. The van der Waals surface area contributed by atoms with Crippen LogP contribution in [0.1, 0.15) is 24.0 Å². The van der Waals surface area contributed by atoms with E-state index in [-0.39, 0.29) is 12.1 Å². The first-order valence-electron chi connectivity index (χ1n) is 10.7. The zero-order valence-electron chi connectivity index (χ0n) is 17.3. The molecule has 4 rings (SSSR count). The first-order valence-corrected chi connectivity index (χ1v) is 10.7. The molecule has 2 amide bonds. The van der Waals surface area contributed by atoms with Crippen molar-refractivity contribution < 1.29 is 4.79 Å². The summed E-state index contributed by atoms with van der Waals surface area (Å²) in [5.74, 6) is 1.03. The molecule has 0 unspecified atom stereocenters. The van der Waals surface area contributed by atoms with Crippen LogP contribution in [0.25, 0.3) is 0 Å². The number of hydrogen-bond donors (Lipinski definition) is 1. The Morgan fingerprint density at radius 2 is 1.83 bits per heavy atom. The Morgan fingerprint density at radius 3 is 2.52 bits per heavy atom. The van der Waals surface area contributed by atoms with E-state index in [1.165, 1.54) is 11.1 Å². The Bertz CT molecular complexity index is 796. The molecular formula is C23H31N5O. The third kappa shape index (κ3) is 5.26. The summed E-state index contributed by atoms with van der Waals surface area (Å²) in [5.41, 5.74) is 2.65. The van der Waals surface area contributed by atoms with E-state index in [2.05, 4.69) is 57.4 Å². The number of piperazine rings is 1. The van der Waals surface area contributed by atoms with Crippen molar-refractivity contribution in [2.75, 3.05) is 44.2 Å². The van der Waals surface area contributed by atoms with E-state index in [9.17, 15) is 4.79 Å². The fraction of sp³-hybridized carbons (Fsp3) is 0.478. The Labute approximate surface area is 173 Å². The van der Waals surface area contributed by atoms with Gasteiger partial charge in [0.2, 0.25) is 0 Å². The Kier molecular flexibility index (Phi) is 6.30. The van der Waals surface area contributed by atoms with E-state index in [1.807, 2.05) is 23.2 Å². The van der Waals surface area contributed by atoms with Crippen LogP contribution >= 0.6 is 0 Å². The van der Waals surface area contributed by atoms with Crippen molar-refractivity contribution in [2.24, 2.45) is 0 Å². The summed E-state index contributed by atoms with van der Waals surface area (Å²) in [6.07, 6.45) is 3.77. The van der Waals surface area contributed by atoms with E-state index in [0.29, 0.717) is 0 Å². The van der Waals surface area contributed by atoms with Crippen LogP contribution in [0.2, 0.25) is 0 Å². The largest absolute Gasteiger partial charge is 0.356 e. The molecule has 1 aromatic carbocycles. The van der Waals surface area contributed by atoms with Crippen LogP contribution in [-0.4, -0.2) is 66.1 Å². The standard InChI is InChI=1S/C23H31N5O/c1-19-5-4-6-20(17-19)18-26-13-15-28(16-14-26)23(29)25-21-8-11-27(12-9-21)22-7-2-3-10-24-22/h2-7,10,17,21H,8-9,11-16,18H2,1H3,(H,25,29). The monoisotopic (exact) mass is 393 g/mol. The second-order valence-electron chi connectivity index (χ2n) is 8.15. The van der Waals surface area contributed by atoms with Gasteiger partial charge in [0.1, 0.15) is 5.82 Å². The highest BCUT2D eigenvalue weighted by Gasteiger charge is 2.25. The Balaban J connectivity index is 1.19. The smallest absolute Gasteiger partial charge is 0.317 e. The van der Waals surface area contributed by atoms with E-state index >= 15 is 0 Å². The van der Waals surface area contributed by atoms with Gasteiger partial charge in [0.05, 0.1) is 0 Å². The molecule has 0 spiro atoms. The summed E-state index contributed by atoms with van der Waals surface area (Å²) in [5, 5.41) is 3.25. The molecule has 154 valence electrons. The number of piperidine rings is 1. The molecule has 29 heavy (non-hydrogen) atoms. The van der Waals surface area contributed by atoms with Gasteiger partial charge in [-0.25, -0.2) is 9.78 Å². The molecule has 2 fully saturated rings. The highest BCUT2D eigenvalue weighted by Crippen LogP contribution is 2.18. The molecule has 1 N–H and O–H groups in total. The van der Waals surface area contributed by atoms with Crippen LogP contribution in [0.3, 0.4) is 0 Å². The number of carbonyl (C=O) groups excluding carboxylic acids is 1. The minimum Gasteiger partial charge on any atom is -0.356 e. The van der Waals surface area contributed by atoms with E-state index < -0.39 is 0 Å².